The van der Waals surface area contributed by atoms with Crippen LogP contribution in [0, 0.1) is 0 Å². The summed E-state index contributed by atoms with van der Waals surface area (Å²) in [5.41, 5.74) is 11.5. The summed E-state index contributed by atoms with van der Waals surface area (Å²) >= 11 is 2.91. The van der Waals surface area contributed by atoms with E-state index >= 15 is 0 Å². The van der Waals surface area contributed by atoms with Gasteiger partial charge in [-0.05, 0) is 18.2 Å². The molecular formula is C17H26N8O4S4. The molecule has 1 heterocycles. The number of guanidine groups is 2. The van der Waals surface area contributed by atoms with Crippen LogP contribution in [0.1, 0.15) is 5.69 Å². The summed E-state index contributed by atoms with van der Waals surface area (Å²) in [4.78, 5) is 11.8. The lowest BCUT2D eigenvalue weighted by Gasteiger charge is -2.14. The van der Waals surface area contributed by atoms with E-state index in [2.05, 4.69) is 25.0 Å². The highest BCUT2D eigenvalue weighted by molar-refractivity contribution is 7.98. The van der Waals surface area contributed by atoms with Gasteiger partial charge in [0.2, 0.25) is 21.1 Å². The molecular weight excluding hydrogens is 509 g/mol. The standard InChI is InChI=1S/C17H26N8O4S4/c1-20-16(21-7-8-30-10-12-11-31-17(22-12)23-15(18)19)24-32(26,27)13-5-4-6-14(9-13)33(28,29)25(2)3/h4-6,9,11H,7-8,10H2,1-3H3,(H2,20,21,24)(H4,18,19,22,23). The van der Waals surface area contributed by atoms with E-state index in [1.54, 1.807) is 11.8 Å². The average Bonchev–Trinajstić information content (AvgIpc) is 3.18. The van der Waals surface area contributed by atoms with E-state index in [9.17, 15) is 16.8 Å². The molecule has 0 aliphatic carbocycles. The van der Waals surface area contributed by atoms with Crippen LogP contribution in [0.3, 0.4) is 0 Å². The van der Waals surface area contributed by atoms with Gasteiger partial charge in [0.15, 0.2) is 5.96 Å². The summed E-state index contributed by atoms with van der Waals surface area (Å²) in [5.74, 6) is 1.27. The van der Waals surface area contributed by atoms with Crippen molar-refractivity contribution in [3.63, 3.8) is 0 Å². The van der Waals surface area contributed by atoms with Gasteiger partial charge in [-0.25, -0.2) is 30.8 Å². The number of nitrogens with zero attached hydrogens (tertiary/aromatic N) is 4. The van der Waals surface area contributed by atoms with E-state index in [1.807, 2.05) is 5.38 Å². The molecule has 1 aromatic heterocycles. The van der Waals surface area contributed by atoms with E-state index in [0.717, 1.165) is 16.1 Å². The number of rotatable bonds is 10. The smallest absolute Gasteiger partial charge is 0.264 e. The van der Waals surface area contributed by atoms with Crippen molar-refractivity contribution in [2.24, 2.45) is 21.5 Å². The third kappa shape index (κ3) is 7.85. The van der Waals surface area contributed by atoms with Crippen LogP contribution in [0.15, 0.2) is 49.4 Å². The monoisotopic (exact) mass is 534 g/mol. The lowest BCUT2D eigenvalue weighted by molar-refractivity contribution is 0.520. The maximum absolute atomic E-state index is 12.7. The molecule has 0 spiro atoms. The van der Waals surface area contributed by atoms with Crippen molar-refractivity contribution in [2.45, 2.75) is 15.5 Å². The number of hydrogen-bond acceptors (Lipinski definition) is 9. The fourth-order valence-corrected chi connectivity index (χ4v) is 5.96. The Morgan fingerprint density at radius 1 is 1.21 bits per heavy atom. The van der Waals surface area contributed by atoms with E-state index in [0.29, 0.717) is 23.2 Å². The highest BCUT2D eigenvalue weighted by Gasteiger charge is 2.22. The number of thioether (sulfide) groups is 1. The topological polar surface area (TPSA) is 185 Å². The summed E-state index contributed by atoms with van der Waals surface area (Å²) in [7, 11) is -3.64. The van der Waals surface area contributed by atoms with Gasteiger partial charge in [0, 0.05) is 44.6 Å². The second kappa shape index (κ2) is 11.6. The van der Waals surface area contributed by atoms with Gasteiger partial charge in [-0.15, -0.1) is 11.3 Å². The molecule has 2 rings (SSSR count). The van der Waals surface area contributed by atoms with Crippen molar-refractivity contribution in [3.8, 4) is 0 Å². The number of sulfonamides is 2. The number of hydrogen-bond donors (Lipinski definition) is 4. The number of aliphatic imine (C=N–C) groups is 2. The normalized spacial score (nSPS) is 12.5. The van der Waals surface area contributed by atoms with Crippen LogP contribution < -0.4 is 21.5 Å². The first-order chi connectivity index (χ1) is 15.5. The fraction of sp³-hybridized carbons (Fsp3) is 0.353. The van der Waals surface area contributed by atoms with Gasteiger partial charge < -0.3 is 16.8 Å². The van der Waals surface area contributed by atoms with Crippen LogP contribution in [0.25, 0.3) is 0 Å². The van der Waals surface area contributed by atoms with Crippen molar-refractivity contribution >= 4 is 60.2 Å². The van der Waals surface area contributed by atoms with Crippen LogP contribution in [0.4, 0.5) is 5.13 Å². The number of benzene rings is 1. The molecule has 33 heavy (non-hydrogen) atoms. The second-order valence-electron chi connectivity index (χ2n) is 6.58. The molecule has 12 nitrogen and oxygen atoms in total. The molecule has 16 heteroatoms. The van der Waals surface area contributed by atoms with Crippen LogP contribution in [-0.4, -0.2) is 71.5 Å². The van der Waals surface area contributed by atoms with Gasteiger partial charge >= 0.3 is 0 Å². The highest BCUT2D eigenvalue weighted by atomic mass is 32.2. The Labute approximate surface area is 201 Å². The zero-order valence-corrected chi connectivity index (χ0v) is 21.5. The Hall–Kier alpha value is -2.40. The van der Waals surface area contributed by atoms with Crippen molar-refractivity contribution in [1.29, 1.82) is 0 Å². The maximum Gasteiger partial charge on any atom is 0.264 e. The van der Waals surface area contributed by atoms with Gasteiger partial charge in [0.25, 0.3) is 10.0 Å². The summed E-state index contributed by atoms with van der Waals surface area (Å²) in [6, 6.07) is 5.12. The molecule has 0 bridgehead atoms. The number of nitrogens with one attached hydrogen (secondary N) is 2. The lowest BCUT2D eigenvalue weighted by Crippen LogP contribution is -2.41. The molecule has 0 saturated carbocycles. The van der Waals surface area contributed by atoms with Crippen molar-refractivity contribution in [3.05, 3.63) is 35.3 Å². The first-order valence-corrected chi connectivity index (χ1v) is 14.3. The van der Waals surface area contributed by atoms with Gasteiger partial charge in [-0.2, -0.15) is 16.8 Å². The SMILES string of the molecule is CN=C(NCCSCc1csc(N=C(N)N)n1)NS(=O)(=O)c1cccc(S(=O)(=O)N(C)C)c1. The first-order valence-electron chi connectivity index (χ1n) is 9.33. The average molecular weight is 535 g/mol. The molecule has 0 fully saturated rings. The third-order valence-corrected chi connectivity index (χ3v) is 8.83. The van der Waals surface area contributed by atoms with E-state index < -0.39 is 20.0 Å². The van der Waals surface area contributed by atoms with Crippen LogP contribution in [0.2, 0.25) is 0 Å². The molecule has 0 saturated heterocycles. The summed E-state index contributed by atoms with van der Waals surface area (Å²) < 4.78 is 53.4. The van der Waals surface area contributed by atoms with Gasteiger partial charge in [-0.3, -0.25) is 4.99 Å². The molecule has 6 N–H and O–H groups in total. The van der Waals surface area contributed by atoms with Gasteiger partial charge in [0.05, 0.1) is 15.5 Å². The Kier molecular flexibility index (Phi) is 9.47. The van der Waals surface area contributed by atoms with Crippen LogP contribution >= 0.6 is 23.1 Å². The molecule has 182 valence electrons. The quantitative estimate of drug-likeness (QED) is 0.186. The van der Waals surface area contributed by atoms with Gasteiger partial charge in [0.1, 0.15) is 0 Å². The molecule has 0 aliphatic heterocycles. The van der Waals surface area contributed by atoms with Gasteiger partial charge in [-0.1, -0.05) is 6.07 Å². The molecule has 1 aromatic carbocycles. The summed E-state index contributed by atoms with van der Waals surface area (Å²) in [5, 5.41) is 5.26. The lowest BCUT2D eigenvalue weighted by atomic mass is 10.4. The summed E-state index contributed by atoms with van der Waals surface area (Å²) in [6.45, 7) is 0.430. The second-order valence-corrected chi connectivity index (χ2v) is 12.4. The zero-order chi connectivity index (χ0) is 24.6. The van der Waals surface area contributed by atoms with Crippen molar-refractivity contribution < 1.29 is 16.8 Å². The number of nitrogens with two attached hydrogens (primary N) is 2. The molecule has 2 aromatic rings. The maximum atomic E-state index is 12.7. The molecule has 0 atom stereocenters. The number of thiazole rings is 1. The molecule has 0 aliphatic rings. The van der Waals surface area contributed by atoms with E-state index in [-0.39, 0.29) is 21.7 Å². The number of aromatic nitrogens is 1. The Bertz CT molecular complexity index is 1220. The zero-order valence-electron chi connectivity index (χ0n) is 18.2. The molecule has 0 unspecified atom stereocenters. The minimum atomic E-state index is -4.05. The largest absolute Gasteiger partial charge is 0.370 e. The van der Waals surface area contributed by atoms with E-state index in [4.69, 9.17) is 11.5 Å². The summed E-state index contributed by atoms with van der Waals surface area (Å²) in [6.07, 6.45) is 0. The van der Waals surface area contributed by atoms with Crippen LogP contribution in [0.5, 0.6) is 0 Å². The molecule has 0 radical (unpaired) electrons. The highest BCUT2D eigenvalue weighted by Crippen LogP contribution is 2.21. The Morgan fingerprint density at radius 2 is 1.91 bits per heavy atom. The van der Waals surface area contributed by atoms with Crippen molar-refractivity contribution in [1.82, 2.24) is 19.3 Å². The van der Waals surface area contributed by atoms with Crippen LogP contribution in [-0.2, 0) is 25.8 Å². The van der Waals surface area contributed by atoms with E-state index in [1.165, 1.54) is 50.7 Å². The first kappa shape index (κ1) is 26.8. The molecule has 0 amide bonds. The fourth-order valence-electron chi connectivity index (χ4n) is 2.30. The predicted octanol–water partition coefficient (Wildman–Crippen LogP) is 0.0854. The minimum Gasteiger partial charge on any atom is -0.370 e. The predicted molar refractivity (Wildman–Crippen MR) is 133 cm³/mol. The Balaban J connectivity index is 1.91. The minimum absolute atomic E-state index is 0.0418. The van der Waals surface area contributed by atoms with Crippen molar-refractivity contribution in [2.75, 3.05) is 33.4 Å². The Morgan fingerprint density at radius 3 is 2.55 bits per heavy atom. The third-order valence-electron chi connectivity index (χ3n) is 3.90.